The van der Waals surface area contributed by atoms with Gasteiger partial charge in [0.1, 0.15) is 5.54 Å². The van der Waals surface area contributed by atoms with Crippen molar-refractivity contribution in [3.63, 3.8) is 0 Å². The summed E-state index contributed by atoms with van der Waals surface area (Å²) in [4.78, 5) is 11.6. The fourth-order valence-corrected chi connectivity index (χ4v) is 4.91. The Morgan fingerprint density at radius 3 is 2.35 bits per heavy atom. The van der Waals surface area contributed by atoms with Gasteiger partial charge in [0.25, 0.3) is 0 Å². The highest BCUT2D eigenvalue weighted by Gasteiger charge is 2.43. The first-order valence-corrected chi connectivity index (χ1v) is 8.67. The van der Waals surface area contributed by atoms with Crippen LogP contribution in [0, 0.1) is 0 Å². The standard InChI is InChI=1S/C13H16BrNO4S/c14-10-6-2-3-7-11(10)20(18,19)15-13(12(16)17)8-4-1-5-9-13/h2-3,6-7,15H,1,4-5,8-9H2,(H,16,17). The molecule has 0 radical (unpaired) electrons. The number of hydrogen-bond acceptors (Lipinski definition) is 3. The molecule has 0 heterocycles. The highest BCUT2D eigenvalue weighted by molar-refractivity contribution is 9.10. The van der Waals surface area contributed by atoms with Gasteiger partial charge in [-0.15, -0.1) is 0 Å². The number of hydrogen-bond donors (Lipinski definition) is 2. The molecule has 5 nitrogen and oxygen atoms in total. The molecular weight excluding hydrogens is 346 g/mol. The molecule has 7 heteroatoms. The highest BCUT2D eigenvalue weighted by atomic mass is 79.9. The summed E-state index contributed by atoms with van der Waals surface area (Å²) < 4.78 is 27.7. The Labute approximate surface area is 126 Å². The number of carboxylic acid groups (broad SMARTS) is 1. The van der Waals surface area contributed by atoms with Crippen molar-refractivity contribution in [3.8, 4) is 0 Å². The first-order valence-electron chi connectivity index (χ1n) is 6.39. The number of carboxylic acids is 1. The lowest BCUT2D eigenvalue weighted by Crippen LogP contribution is -2.55. The minimum atomic E-state index is -3.87. The Bertz CT molecular complexity index is 609. The molecule has 1 fully saturated rings. The molecular formula is C13H16BrNO4S. The summed E-state index contributed by atoms with van der Waals surface area (Å²) in [6.07, 6.45) is 3.01. The lowest BCUT2D eigenvalue weighted by molar-refractivity contribution is -0.145. The fourth-order valence-electron chi connectivity index (χ4n) is 2.49. The fraction of sp³-hybridized carbons (Fsp3) is 0.462. The predicted molar refractivity (Wildman–Crippen MR) is 77.9 cm³/mol. The number of halogens is 1. The summed E-state index contributed by atoms with van der Waals surface area (Å²) in [6, 6.07) is 6.37. The van der Waals surface area contributed by atoms with Crippen LogP contribution in [-0.4, -0.2) is 25.0 Å². The van der Waals surface area contributed by atoms with Gasteiger partial charge in [-0.05, 0) is 40.9 Å². The summed E-state index contributed by atoms with van der Waals surface area (Å²) in [5.41, 5.74) is -1.38. The number of sulfonamides is 1. The number of benzene rings is 1. The molecule has 2 N–H and O–H groups in total. The van der Waals surface area contributed by atoms with Gasteiger partial charge in [0.2, 0.25) is 10.0 Å². The van der Waals surface area contributed by atoms with Crippen molar-refractivity contribution in [2.24, 2.45) is 0 Å². The molecule has 1 aliphatic rings. The van der Waals surface area contributed by atoms with Crippen molar-refractivity contribution in [2.75, 3.05) is 0 Å². The van der Waals surface area contributed by atoms with Crippen LogP contribution in [0.1, 0.15) is 32.1 Å². The van der Waals surface area contributed by atoms with E-state index in [1.165, 1.54) is 6.07 Å². The second kappa shape index (κ2) is 5.83. The van der Waals surface area contributed by atoms with Crippen LogP contribution in [0.3, 0.4) is 0 Å². The van der Waals surface area contributed by atoms with Gasteiger partial charge in [-0.2, -0.15) is 4.72 Å². The normalized spacial score (nSPS) is 18.6. The Balaban J connectivity index is 2.35. The van der Waals surface area contributed by atoms with E-state index in [2.05, 4.69) is 20.7 Å². The molecule has 1 aromatic carbocycles. The molecule has 0 saturated heterocycles. The van der Waals surface area contributed by atoms with Crippen LogP contribution in [0.5, 0.6) is 0 Å². The molecule has 0 aromatic heterocycles. The summed E-state index contributed by atoms with van der Waals surface area (Å²) >= 11 is 3.18. The second-order valence-corrected chi connectivity index (χ2v) is 7.49. The molecule has 0 atom stereocenters. The van der Waals surface area contributed by atoms with Crippen LogP contribution < -0.4 is 4.72 Å². The van der Waals surface area contributed by atoms with Gasteiger partial charge in [0.15, 0.2) is 0 Å². The van der Waals surface area contributed by atoms with Crippen LogP contribution in [0.4, 0.5) is 0 Å². The maximum atomic E-state index is 12.4. The van der Waals surface area contributed by atoms with Crippen LogP contribution >= 0.6 is 15.9 Å². The van der Waals surface area contributed by atoms with Crippen molar-refractivity contribution in [1.29, 1.82) is 0 Å². The summed E-state index contributed by atoms with van der Waals surface area (Å²) in [5.74, 6) is -1.10. The minimum Gasteiger partial charge on any atom is -0.480 e. The number of carbonyl (C=O) groups is 1. The lowest BCUT2D eigenvalue weighted by atomic mass is 9.83. The molecule has 1 aromatic rings. The maximum absolute atomic E-state index is 12.4. The average molecular weight is 362 g/mol. The van der Waals surface area contributed by atoms with E-state index in [4.69, 9.17) is 0 Å². The SMILES string of the molecule is O=C(O)C1(NS(=O)(=O)c2ccccc2Br)CCCCC1. The predicted octanol–water partition coefficient (Wildman–Crippen LogP) is 2.51. The van der Waals surface area contributed by atoms with Crippen LogP contribution in [0.15, 0.2) is 33.6 Å². The van der Waals surface area contributed by atoms with Crippen molar-refractivity contribution >= 4 is 31.9 Å². The van der Waals surface area contributed by atoms with E-state index in [0.29, 0.717) is 30.2 Å². The number of aliphatic carboxylic acids is 1. The van der Waals surface area contributed by atoms with Gasteiger partial charge in [-0.3, -0.25) is 4.79 Å². The molecule has 1 saturated carbocycles. The van der Waals surface area contributed by atoms with Gasteiger partial charge in [-0.1, -0.05) is 31.4 Å². The van der Waals surface area contributed by atoms with Crippen molar-refractivity contribution in [1.82, 2.24) is 4.72 Å². The van der Waals surface area contributed by atoms with Gasteiger partial charge < -0.3 is 5.11 Å². The van der Waals surface area contributed by atoms with Crippen LogP contribution in [-0.2, 0) is 14.8 Å². The van der Waals surface area contributed by atoms with Crippen molar-refractivity contribution in [3.05, 3.63) is 28.7 Å². The zero-order chi connectivity index (χ0) is 14.8. The van der Waals surface area contributed by atoms with Crippen molar-refractivity contribution < 1.29 is 18.3 Å². The Hall–Kier alpha value is -0.920. The summed E-state index contributed by atoms with van der Waals surface area (Å²) in [5, 5.41) is 9.43. The third-order valence-electron chi connectivity index (χ3n) is 3.57. The zero-order valence-electron chi connectivity index (χ0n) is 10.8. The van der Waals surface area contributed by atoms with Gasteiger partial charge in [0, 0.05) is 4.47 Å². The van der Waals surface area contributed by atoms with E-state index in [9.17, 15) is 18.3 Å². The van der Waals surface area contributed by atoms with Crippen LogP contribution in [0.25, 0.3) is 0 Å². The molecule has 0 aliphatic heterocycles. The van der Waals surface area contributed by atoms with Gasteiger partial charge in [-0.25, -0.2) is 8.42 Å². The molecule has 0 amide bonds. The molecule has 1 aliphatic carbocycles. The Kier molecular flexibility index (Phi) is 4.51. The number of rotatable bonds is 4. The monoisotopic (exact) mass is 361 g/mol. The molecule has 0 bridgehead atoms. The third kappa shape index (κ3) is 3.05. The highest BCUT2D eigenvalue weighted by Crippen LogP contribution is 2.31. The maximum Gasteiger partial charge on any atom is 0.324 e. The summed E-state index contributed by atoms with van der Waals surface area (Å²) in [7, 11) is -3.87. The molecule has 20 heavy (non-hydrogen) atoms. The lowest BCUT2D eigenvalue weighted by Gasteiger charge is -2.33. The second-order valence-electron chi connectivity index (χ2n) is 4.98. The van der Waals surface area contributed by atoms with E-state index in [1.807, 2.05) is 0 Å². The van der Waals surface area contributed by atoms with E-state index in [-0.39, 0.29) is 4.90 Å². The smallest absolute Gasteiger partial charge is 0.324 e. The first kappa shape index (κ1) is 15.5. The number of nitrogens with one attached hydrogen (secondary N) is 1. The Morgan fingerprint density at radius 2 is 1.80 bits per heavy atom. The van der Waals surface area contributed by atoms with Crippen LogP contribution in [0.2, 0.25) is 0 Å². The minimum absolute atomic E-state index is 0.0613. The summed E-state index contributed by atoms with van der Waals surface area (Å²) in [6.45, 7) is 0. The van der Waals surface area contributed by atoms with E-state index in [1.54, 1.807) is 18.2 Å². The van der Waals surface area contributed by atoms with Gasteiger partial charge in [0.05, 0.1) is 4.90 Å². The molecule has 0 unspecified atom stereocenters. The van der Waals surface area contributed by atoms with Crippen molar-refractivity contribution in [2.45, 2.75) is 42.5 Å². The van der Waals surface area contributed by atoms with E-state index in [0.717, 1.165) is 6.42 Å². The molecule has 0 spiro atoms. The zero-order valence-corrected chi connectivity index (χ0v) is 13.2. The van der Waals surface area contributed by atoms with E-state index < -0.39 is 21.5 Å². The topological polar surface area (TPSA) is 83.5 Å². The average Bonchev–Trinajstić information content (AvgIpc) is 2.39. The first-order chi connectivity index (χ1) is 9.37. The third-order valence-corrected chi connectivity index (χ3v) is 6.12. The van der Waals surface area contributed by atoms with Gasteiger partial charge >= 0.3 is 5.97 Å². The Morgan fingerprint density at radius 1 is 1.20 bits per heavy atom. The largest absolute Gasteiger partial charge is 0.480 e. The molecule has 110 valence electrons. The quantitative estimate of drug-likeness (QED) is 0.862. The van der Waals surface area contributed by atoms with E-state index >= 15 is 0 Å². The molecule has 2 rings (SSSR count).